The third-order valence-electron chi connectivity index (χ3n) is 3.79. The van der Waals surface area contributed by atoms with Crippen LogP contribution >= 0.6 is 11.8 Å². The Bertz CT molecular complexity index is 908. The first kappa shape index (κ1) is 17.9. The molecule has 0 spiro atoms. The predicted octanol–water partition coefficient (Wildman–Crippen LogP) is 4.31. The van der Waals surface area contributed by atoms with E-state index in [1.807, 2.05) is 49.8 Å². The summed E-state index contributed by atoms with van der Waals surface area (Å²) in [6.07, 6.45) is 3.80. The van der Waals surface area contributed by atoms with Gasteiger partial charge in [0.15, 0.2) is 11.0 Å². The summed E-state index contributed by atoms with van der Waals surface area (Å²) in [6, 6.07) is 16.0. The van der Waals surface area contributed by atoms with Crippen molar-refractivity contribution in [1.82, 2.24) is 9.29 Å². The largest absolute Gasteiger partial charge is 0.316 e. The molecule has 0 aliphatic carbocycles. The van der Waals surface area contributed by atoms with Crippen LogP contribution in [0.4, 0.5) is 4.39 Å². The summed E-state index contributed by atoms with van der Waals surface area (Å²) in [4.78, 5) is 1.73. The lowest BCUT2D eigenvalue weighted by molar-refractivity contribution is 0.630. The van der Waals surface area contributed by atoms with Crippen LogP contribution in [-0.2, 0) is 17.5 Å². The zero-order valence-electron chi connectivity index (χ0n) is 14.0. The first-order chi connectivity index (χ1) is 12.1. The summed E-state index contributed by atoms with van der Waals surface area (Å²) in [5.41, 5.74) is 2.01. The van der Waals surface area contributed by atoms with E-state index >= 15 is 0 Å². The molecule has 0 saturated heterocycles. The molecular weight excluding hydrogens is 355 g/mol. The van der Waals surface area contributed by atoms with Gasteiger partial charge in [-0.15, -0.1) is 11.8 Å². The Labute approximate surface area is 153 Å². The molecule has 1 aromatic heterocycles. The van der Waals surface area contributed by atoms with Crippen molar-refractivity contribution in [2.45, 2.75) is 16.3 Å². The quantitative estimate of drug-likeness (QED) is 0.653. The van der Waals surface area contributed by atoms with Gasteiger partial charge in [-0.25, -0.2) is 8.60 Å². The van der Waals surface area contributed by atoms with Crippen molar-refractivity contribution < 1.29 is 8.60 Å². The molecule has 2 aromatic carbocycles. The fourth-order valence-corrected chi connectivity index (χ4v) is 4.37. The third-order valence-corrected chi connectivity index (χ3v) is 5.84. The maximum absolute atomic E-state index is 14.3. The molecule has 0 bridgehead atoms. The average molecular weight is 375 g/mol. The number of aromatic nitrogens is 1. The van der Waals surface area contributed by atoms with Crippen molar-refractivity contribution in [3.63, 3.8) is 0 Å². The van der Waals surface area contributed by atoms with Crippen LogP contribution in [0.2, 0.25) is 0 Å². The van der Waals surface area contributed by atoms with Crippen molar-refractivity contribution in [2.75, 3.05) is 13.3 Å². The normalized spacial score (nSPS) is 12.3. The van der Waals surface area contributed by atoms with Crippen LogP contribution in [0.1, 0.15) is 5.56 Å². The van der Waals surface area contributed by atoms with Crippen molar-refractivity contribution >= 4 is 22.7 Å². The topological polar surface area (TPSA) is 34.0 Å². The highest BCUT2D eigenvalue weighted by atomic mass is 32.2. The van der Waals surface area contributed by atoms with Crippen molar-refractivity contribution in [2.24, 2.45) is 0 Å². The van der Waals surface area contributed by atoms with Gasteiger partial charge in [-0.3, -0.25) is 3.97 Å². The average Bonchev–Trinajstić information content (AvgIpc) is 3.05. The molecule has 0 saturated carbocycles. The number of benzene rings is 2. The smallest absolute Gasteiger partial charge is 0.157 e. The second kappa shape index (κ2) is 7.99. The Morgan fingerprint density at radius 2 is 1.96 bits per heavy atom. The third kappa shape index (κ3) is 3.86. The van der Waals surface area contributed by atoms with Gasteiger partial charge < -0.3 is 5.32 Å². The van der Waals surface area contributed by atoms with Gasteiger partial charge in [0.2, 0.25) is 0 Å². The summed E-state index contributed by atoms with van der Waals surface area (Å²) in [6.45, 7) is 0.622. The standard InChI is InChI=1S/C19H19FN2OS2/c1-21-12-14-10-19(17-8-3-4-9-18(17)20)22(13-14)25(23)16-7-5-6-15(11-16)24-2/h3-11,13,21H,12H2,1-2H3. The number of rotatable bonds is 6. The Hall–Kier alpha value is -1.89. The lowest BCUT2D eigenvalue weighted by Crippen LogP contribution is -2.07. The molecule has 130 valence electrons. The molecular formula is C19H19FN2OS2. The van der Waals surface area contributed by atoms with E-state index in [0.29, 0.717) is 22.7 Å². The monoisotopic (exact) mass is 374 g/mol. The molecule has 1 unspecified atom stereocenters. The fourth-order valence-electron chi connectivity index (χ4n) is 2.62. The van der Waals surface area contributed by atoms with Crippen molar-refractivity contribution in [3.05, 3.63) is 72.2 Å². The van der Waals surface area contributed by atoms with Crippen LogP contribution in [0, 0.1) is 5.82 Å². The molecule has 0 fully saturated rings. The molecule has 0 radical (unpaired) electrons. The molecule has 3 rings (SSSR count). The SMILES string of the molecule is CNCc1cc(-c2ccccc2F)n(S(=O)c2cccc(SC)c2)c1. The molecule has 1 heterocycles. The summed E-state index contributed by atoms with van der Waals surface area (Å²) in [5.74, 6) is -0.326. The molecule has 0 aliphatic heterocycles. The van der Waals surface area contributed by atoms with Gasteiger partial charge in [0, 0.05) is 23.2 Å². The van der Waals surface area contributed by atoms with Gasteiger partial charge in [0.25, 0.3) is 0 Å². The summed E-state index contributed by atoms with van der Waals surface area (Å²) in [5, 5.41) is 3.08. The molecule has 3 aromatic rings. The van der Waals surface area contributed by atoms with Gasteiger partial charge in [-0.1, -0.05) is 18.2 Å². The second-order valence-electron chi connectivity index (χ2n) is 5.50. The fraction of sp³-hybridized carbons (Fsp3) is 0.158. The first-order valence-electron chi connectivity index (χ1n) is 7.81. The minimum atomic E-state index is -1.45. The number of thioether (sulfide) groups is 1. The van der Waals surface area contributed by atoms with Gasteiger partial charge in [-0.2, -0.15) is 0 Å². The second-order valence-corrected chi connectivity index (χ2v) is 7.74. The number of hydrogen-bond acceptors (Lipinski definition) is 3. The molecule has 0 amide bonds. The Morgan fingerprint density at radius 1 is 1.16 bits per heavy atom. The van der Waals surface area contributed by atoms with E-state index in [0.717, 1.165) is 10.5 Å². The van der Waals surface area contributed by atoms with E-state index in [1.54, 1.807) is 33.9 Å². The molecule has 6 heteroatoms. The Kier molecular flexibility index (Phi) is 5.73. The number of nitrogens with zero attached hydrogens (tertiary/aromatic N) is 1. The van der Waals surface area contributed by atoms with Gasteiger partial charge in [0.1, 0.15) is 5.82 Å². The van der Waals surface area contributed by atoms with Crippen LogP contribution < -0.4 is 5.32 Å². The maximum Gasteiger partial charge on any atom is 0.157 e. The van der Waals surface area contributed by atoms with Crippen LogP contribution in [0.5, 0.6) is 0 Å². The minimum absolute atomic E-state index is 0.326. The summed E-state index contributed by atoms with van der Waals surface area (Å²) in [7, 11) is 0.393. The van der Waals surface area contributed by atoms with Crippen molar-refractivity contribution in [3.8, 4) is 11.3 Å². The van der Waals surface area contributed by atoms with E-state index in [4.69, 9.17) is 0 Å². The molecule has 0 aliphatic rings. The zero-order chi connectivity index (χ0) is 17.8. The Balaban J connectivity index is 2.11. The van der Waals surface area contributed by atoms with Crippen LogP contribution in [-0.4, -0.2) is 21.5 Å². The van der Waals surface area contributed by atoms with Crippen LogP contribution in [0.25, 0.3) is 11.3 Å². The van der Waals surface area contributed by atoms with Gasteiger partial charge in [-0.05, 0) is 55.3 Å². The molecule has 1 N–H and O–H groups in total. The summed E-state index contributed by atoms with van der Waals surface area (Å²) < 4.78 is 29.1. The first-order valence-corrected chi connectivity index (χ1v) is 10.1. The number of halogens is 1. The lowest BCUT2D eigenvalue weighted by Gasteiger charge is -2.10. The molecule has 1 atom stereocenters. The molecule has 3 nitrogen and oxygen atoms in total. The highest BCUT2D eigenvalue weighted by Gasteiger charge is 2.17. The minimum Gasteiger partial charge on any atom is -0.316 e. The number of nitrogens with one attached hydrogen (secondary N) is 1. The van der Waals surface area contributed by atoms with Crippen molar-refractivity contribution in [1.29, 1.82) is 0 Å². The Morgan fingerprint density at radius 3 is 2.68 bits per heavy atom. The maximum atomic E-state index is 14.3. The van der Waals surface area contributed by atoms with E-state index in [9.17, 15) is 8.60 Å². The van der Waals surface area contributed by atoms with E-state index < -0.39 is 11.0 Å². The number of hydrogen-bond donors (Lipinski definition) is 1. The zero-order valence-corrected chi connectivity index (χ0v) is 15.7. The highest BCUT2D eigenvalue weighted by Crippen LogP contribution is 2.28. The van der Waals surface area contributed by atoms with E-state index in [2.05, 4.69) is 5.32 Å². The van der Waals surface area contributed by atoms with Gasteiger partial charge >= 0.3 is 0 Å². The van der Waals surface area contributed by atoms with Crippen LogP contribution in [0.15, 0.2) is 70.6 Å². The van der Waals surface area contributed by atoms with Crippen LogP contribution in [0.3, 0.4) is 0 Å². The predicted molar refractivity (Wildman–Crippen MR) is 103 cm³/mol. The lowest BCUT2D eigenvalue weighted by atomic mass is 10.1. The highest BCUT2D eigenvalue weighted by molar-refractivity contribution is 7.98. The van der Waals surface area contributed by atoms with Gasteiger partial charge in [0.05, 0.1) is 10.6 Å². The summed E-state index contributed by atoms with van der Waals surface area (Å²) >= 11 is 1.60. The molecule has 25 heavy (non-hydrogen) atoms. The van der Waals surface area contributed by atoms with E-state index in [1.165, 1.54) is 6.07 Å². The van der Waals surface area contributed by atoms with E-state index in [-0.39, 0.29) is 5.82 Å².